The van der Waals surface area contributed by atoms with Crippen LogP contribution in [0.2, 0.25) is 5.02 Å². The minimum absolute atomic E-state index is 0.192. The van der Waals surface area contributed by atoms with E-state index in [-0.39, 0.29) is 18.4 Å². The number of amides is 1. The lowest BCUT2D eigenvalue weighted by Gasteiger charge is -2.27. The average Bonchev–Trinajstić information content (AvgIpc) is 2.55. The first-order valence-electron chi connectivity index (χ1n) is 7.09. The van der Waals surface area contributed by atoms with Gasteiger partial charge in [0.25, 0.3) is 5.91 Å². The predicted molar refractivity (Wildman–Crippen MR) is 86.6 cm³/mol. The number of aromatic nitrogens is 1. The van der Waals surface area contributed by atoms with Gasteiger partial charge in [-0.1, -0.05) is 35.9 Å². The third-order valence-electron chi connectivity index (χ3n) is 3.70. The van der Waals surface area contributed by atoms with Gasteiger partial charge in [-0.05, 0) is 30.7 Å². The van der Waals surface area contributed by atoms with Gasteiger partial charge >= 0.3 is 0 Å². The zero-order valence-corrected chi connectivity index (χ0v) is 13.4. The summed E-state index contributed by atoms with van der Waals surface area (Å²) in [5.74, 6) is -0.349. The third kappa shape index (κ3) is 3.84. The summed E-state index contributed by atoms with van der Waals surface area (Å²) in [6, 6.07) is 12.5. The summed E-state index contributed by atoms with van der Waals surface area (Å²) in [6.45, 7) is 1.88. The maximum absolute atomic E-state index is 12.4. The second-order valence-electron chi connectivity index (χ2n) is 5.19. The Morgan fingerprint density at radius 1 is 1.27 bits per heavy atom. The van der Waals surface area contributed by atoms with Crippen LogP contribution in [0.15, 0.2) is 48.7 Å². The van der Waals surface area contributed by atoms with Crippen molar-refractivity contribution in [1.82, 2.24) is 9.88 Å². The summed E-state index contributed by atoms with van der Waals surface area (Å²) in [6.07, 6.45) is 0.748. The quantitative estimate of drug-likeness (QED) is 0.922. The number of aliphatic hydroxyl groups excluding tert-OH is 1. The topological polar surface area (TPSA) is 53.4 Å². The van der Waals surface area contributed by atoms with Crippen molar-refractivity contribution in [2.45, 2.75) is 25.5 Å². The Balaban J connectivity index is 2.05. The maximum Gasteiger partial charge on any atom is 0.252 e. The van der Waals surface area contributed by atoms with Crippen LogP contribution in [0.5, 0.6) is 0 Å². The van der Waals surface area contributed by atoms with E-state index < -0.39 is 6.10 Å². The summed E-state index contributed by atoms with van der Waals surface area (Å²) in [5, 5.41) is 10.7. The van der Waals surface area contributed by atoms with E-state index in [0.29, 0.717) is 5.02 Å². The van der Waals surface area contributed by atoms with Crippen LogP contribution in [0.25, 0.3) is 0 Å². The van der Waals surface area contributed by atoms with Gasteiger partial charge in [0.1, 0.15) is 6.10 Å². The molecule has 1 aromatic heterocycles. The predicted octanol–water partition coefficient (Wildman–Crippen LogP) is 2.86. The van der Waals surface area contributed by atoms with E-state index in [1.807, 2.05) is 37.3 Å². The van der Waals surface area contributed by atoms with Gasteiger partial charge in [0.2, 0.25) is 0 Å². The van der Waals surface area contributed by atoms with E-state index in [1.165, 1.54) is 4.90 Å². The summed E-state index contributed by atoms with van der Waals surface area (Å²) in [7, 11) is 1.66. The van der Waals surface area contributed by atoms with Gasteiger partial charge < -0.3 is 10.0 Å². The molecule has 2 aromatic rings. The number of carbonyl (C=O) groups is 1. The molecule has 2 atom stereocenters. The van der Waals surface area contributed by atoms with Gasteiger partial charge in [-0.3, -0.25) is 9.78 Å². The molecule has 22 heavy (non-hydrogen) atoms. The Labute approximate surface area is 135 Å². The molecule has 0 spiro atoms. The molecule has 1 aromatic carbocycles. The summed E-state index contributed by atoms with van der Waals surface area (Å²) in [5.41, 5.74) is 1.53. The van der Waals surface area contributed by atoms with Crippen molar-refractivity contribution in [1.29, 1.82) is 0 Å². The second kappa shape index (κ2) is 7.38. The Hall–Kier alpha value is -1.91. The zero-order valence-electron chi connectivity index (χ0n) is 12.6. The van der Waals surface area contributed by atoms with Gasteiger partial charge in [0, 0.05) is 24.7 Å². The zero-order chi connectivity index (χ0) is 16.1. The van der Waals surface area contributed by atoms with Gasteiger partial charge in [0.15, 0.2) is 0 Å². The normalized spacial score (nSPS) is 13.5. The molecule has 0 saturated carbocycles. The lowest BCUT2D eigenvalue weighted by molar-refractivity contribution is -0.140. The number of aliphatic hydroxyl groups is 1. The third-order valence-corrected chi connectivity index (χ3v) is 4.07. The molecular weight excluding hydrogens is 300 g/mol. The van der Waals surface area contributed by atoms with Gasteiger partial charge in [-0.25, -0.2) is 0 Å². The standard InChI is InChI=1S/C17H19ClN2O2/c1-12(15-9-5-6-10-19-15)20(2)17(22)16(21)11-13-7-3-4-8-14(13)18/h3-10,12,16,21H,11H2,1-2H3/t12-,16-/m1/s1. The van der Waals surface area contributed by atoms with Crippen molar-refractivity contribution in [3.63, 3.8) is 0 Å². The molecule has 4 nitrogen and oxygen atoms in total. The molecule has 0 aliphatic rings. The molecule has 0 saturated heterocycles. The van der Waals surface area contributed by atoms with Crippen molar-refractivity contribution in [2.75, 3.05) is 7.05 Å². The molecule has 2 rings (SSSR count). The lowest BCUT2D eigenvalue weighted by atomic mass is 10.1. The van der Waals surface area contributed by atoms with Crippen LogP contribution in [0.3, 0.4) is 0 Å². The van der Waals surface area contributed by atoms with Crippen molar-refractivity contribution in [3.8, 4) is 0 Å². The van der Waals surface area contributed by atoms with E-state index in [0.717, 1.165) is 11.3 Å². The number of carbonyl (C=O) groups excluding carboxylic acids is 1. The molecule has 0 unspecified atom stereocenters. The molecule has 5 heteroatoms. The molecule has 0 aliphatic heterocycles. The van der Waals surface area contributed by atoms with Crippen LogP contribution >= 0.6 is 11.6 Å². The Kier molecular flexibility index (Phi) is 5.52. The molecule has 116 valence electrons. The molecule has 0 fully saturated rings. The highest BCUT2D eigenvalue weighted by Crippen LogP contribution is 2.20. The number of halogens is 1. The van der Waals surface area contributed by atoms with E-state index in [9.17, 15) is 9.90 Å². The first-order chi connectivity index (χ1) is 10.5. The Morgan fingerprint density at radius 3 is 2.59 bits per heavy atom. The van der Waals surface area contributed by atoms with Gasteiger partial charge in [0.05, 0.1) is 11.7 Å². The van der Waals surface area contributed by atoms with E-state index in [1.54, 1.807) is 25.4 Å². The number of pyridine rings is 1. The molecule has 1 amide bonds. The Bertz CT molecular complexity index is 634. The summed E-state index contributed by atoms with van der Waals surface area (Å²) >= 11 is 6.07. The van der Waals surface area contributed by atoms with Crippen molar-refractivity contribution in [3.05, 3.63) is 64.9 Å². The SMILES string of the molecule is C[C@H](c1ccccn1)N(C)C(=O)[C@H](O)Cc1ccccc1Cl. The van der Waals surface area contributed by atoms with Gasteiger partial charge in [-0.2, -0.15) is 0 Å². The van der Waals surface area contributed by atoms with Crippen LogP contribution in [0, 0.1) is 0 Å². The van der Waals surface area contributed by atoms with E-state index in [2.05, 4.69) is 4.98 Å². The van der Waals surface area contributed by atoms with Crippen molar-refractivity contribution in [2.24, 2.45) is 0 Å². The van der Waals surface area contributed by atoms with E-state index in [4.69, 9.17) is 11.6 Å². The smallest absolute Gasteiger partial charge is 0.252 e. The number of hydrogen-bond acceptors (Lipinski definition) is 3. The number of nitrogens with zero attached hydrogens (tertiary/aromatic N) is 2. The monoisotopic (exact) mass is 318 g/mol. The molecule has 1 heterocycles. The van der Waals surface area contributed by atoms with Crippen LogP contribution in [-0.4, -0.2) is 34.0 Å². The van der Waals surface area contributed by atoms with Crippen LogP contribution in [0.4, 0.5) is 0 Å². The van der Waals surface area contributed by atoms with E-state index >= 15 is 0 Å². The van der Waals surface area contributed by atoms with Crippen molar-refractivity contribution < 1.29 is 9.90 Å². The number of rotatable bonds is 5. The molecular formula is C17H19ClN2O2. The van der Waals surface area contributed by atoms with Crippen LogP contribution in [-0.2, 0) is 11.2 Å². The fraction of sp³-hybridized carbons (Fsp3) is 0.294. The maximum atomic E-state index is 12.4. The highest BCUT2D eigenvalue weighted by Gasteiger charge is 2.25. The lowest BCUT2D eigenvalue weighted by Crippen LogP contribution is -2.39. The fourth-order valence-electron chi connectivity index (χ4n) is 2.21. The molecule has 0 aliphatic carbocycles. The largest absolute Gasteiger partial charge is 0.383 e. The summed E-state index contributed by atoms with van der Waals surface area (Å²) < 4.78 is 0. The highest BCUT2D eigenvalue weighted by molar-refractivity contribution is 6.31. The van der Waals surface area contributed by atoms with Crippen LogP contribution < -0.4 is 0 Å². The minimum atomic E-state index is -1.13. The van der Waals surface area contributed by atoms with Crippen molar-refractivity contribution >= 4 is 17.5 Å². The Morgan fingerprint density at radius 2 is 1.95 bits per heavy atom. The average molecular weight is 319 g/mol. The number of hydrogen-bond donors (Lipinski definition) is 1. The van der Waals surface area contributed by atoms with Gasteiger partial charge in [-0.15, -0.1) is 0 Å². The highest BCUT2D eigenvalue weighted by atomic mass is 35.5. The number of likely N-dealkylation sites (N-methyl/N-ethyl adjacent to an activating group) is 1. The first-order valence-corrected chi connectivity index (χ1v) is 7.47. The molecule has 1 N–H and O–H groups in total. The molecule has 0 radical (unpaired) electrons. The minimum Gasteiger partial charge on any atom is -0.383 e. The second-order valence-corrected chi connectivity index (χ2v) is 5.60. The van der Waals surface area contributed by atoms with Crippen LogP contribution in [0.1, 0.15) is 24.2 Å². The summed E-state index contributed by atoms with van der Waals surface area (Å²) in [4.78, 5) is 18.1. The fourth-order valence-corrected chi connectivity index (χ4v) is 2.42. The first kappa shape index (κ1) is 16.5. The molecule has 0 bridgehead atoms. The number of benzene rings is 1.